The number of hydrogen-bond acceptors (Lipinski definition) is 4. The van der Waals surface area contributed by atoms with E-state index in [4.69, 9.17) is 9.47 Å². The summed E-state index contributed by atoms with van der Waals surface area (Å²) in [4.78, 5) is 18.0. The molecule has 0 spiro atoms. The van der Waals surface area contributed by atoms with E-state index in [1.54, 1.807) is 0 Å². The van der Waals surface area contributed by atoms with E-state index in [0.29, 0.717) is 19.1 Å². The Morgan fingerprint density at radius 2 is 1.67 bits per heavy atom. The van der Waals surface area contributed by atoms with Crippen molar-refractivity contribution in [3.8, 4) is 11.5 Å². The van der Waals surface area contributed by atoms with E-state index < -0.39 is 0 Å². The number of likely N-dealkylation sites (tertiary alicyclic amines) is 1. The van der Waals surface area contributed by atoms with Gasteiger partial charge in [0.05, 0.1) is 0 Å². The minimum absolute atomic E-state index is 0.00909. The lowest BCUT2D eigenvalue weighted by molar-refractivity contribution is 0.170. The molecule has 3 aromatic carbocycles. The third-order valence-corrected chi connectivity index (χ3v) is 8.19. The average molecular weight is 521 g/mol. The molecule has 4 aromatic rings. The Hall–Kier alpha value is -3.83. The zero-order chi connectivity index (χ0) is 26.6. The second kappa shape index (κ2) is 11.5. The molecule has 2 aliphatic rings. The summed E-state index contributed by atoms with van der Waals surface area (Å²) in [5, 5.41) is 1.09. The number of aromatic amines is 1. The first-order chi connectivity index (χ1) is 19.2. The fraction of sp³-hybridized carbons (Fsp3) is 0.324. The molecular weight excluding hydrogens is 484 g/mol. The summed E-state index contributed by atoms with van der Waals surface area (Å²) >= 11 is 0. The lowest BCUT2D eigenvalue weighted by Crippen LogP contribution is -2.36. The summed E-state index contributed by atoms with van der Waals surface area (Å²) in [5.41, 5.74) is 5.52. The van der Waals surface area contributed by atoms with Crippen molar-refractivity contribution in [2.75, 3.05) is 32.8 Å². The average Bonchev–Trinajstić information content (AvgIpc) is 2.98. The number of pyridine rings is 1. The minimum atomic E-state index is 0.00909. The van der Waals surface area contributed by atoms with Crippen molar-refractivity contribution in [2.24, 2.45) is 5.92 Å². The van der Waals surface area contributed by atoms with Gasteiger partial charge in [-0.3, -0.25) is 9.69 Å². The fourth-order valence-corrected chi connectivity index (χ4v) is 6.09. The zero-order valence-corrected chi connectivity index (χ0v) is 22.6. The van der Waals surface area contributed by atoms with Crippen molar-refractivity contribution in [3.05, 3.63) is 111 Å². The monoisotopic (exact) mass is 520 g/mol. The molecule has 0 bridgehead atoms. The summed E-state index contributed by atoms with van der Waals surface area (Å²) in [6, 6.07) is 25.6. The number of piperidine rings is 1. The maximum absolute atomic E-state index is 12.4. The zero-order valence-electron chi connectivity index (χ0n) is 22.6. The third-order valence-electron chi connectivity index (χ3n) is 8.19. The number of ether oxygens (including phenoxy) is 2. The van der Waals surface area contributed by atoms with Crippen molar-refractivity contribution in [1.29, 1.82) is 0 Å². The van der Waals surface area contributed by atoms with Crippen LogP contribution >= 0.6 is 0 Å². The Morgan fingerprint density at radius 3 is 2.46 bits per heavy atom. The first-order valence-corrected chi connectivity index (χ1v) is 14.2. The number of aromatic nitrogens is 1. The van der Waals surface area contributed by atoms with Crippen LogP contribution in [0, 0.1) is 5.92 Å². The van der Waals surface area contributed by atoms with Crippen molar-refractivity contribution >= 4 is 17.0 Å². The van der Waals surface area contributed by atoms with Crippen molar-refractivity contribution < 1.29 is 9.47 Å². The molecule has 1 unspecified atom stereocenters. The Balaban J connectivity index is 1.27. The third kappa shape index (κ3) is 5.64. The fourth-order valence-electron chi connectivity index (χ4n) is 6.09. The summed E-state index contributed by atoms with van der Waals surface area (Å²) in [6.07, 6.45) is 7.47. The van der Waals surface area contributed by atoms with Crippen molar-refractivity contribution in [1.82, 2.24) is 9.88 Å². The number of nitrogens with zero attached hydrogens (tertiary/aromatic N) is 1. The van der Waals surface area contributed by atoms with Gasteiger partial charge in [0.15, 0.2) is 11.5 Å². The summed E-state index contributed by atoms with van der Waals surface area (Å²) in [5.74, 6) is 2.41. The van der Waals surface area contributed by atoms with Gasteiger partial charge >= 0.3 is 0 Å². The van der Waals surface area contributed by atoms with Crippen LogP contribution in [0.15, 0.2) is 83.7 Å². The summed E-state index contributed by atoms with van der Waals surface area (Å²) < 4.78 is 11.8. The van der Waals surface area contributed by atoms with E-state index in [-0.39, 0.29) is 11.5 Å². The molecule has 1 atom stereocenters. The highest BCUT2D eigenvalue weighted by atomic mass is 16.6. The van der Waals surface area contributed by atoms with E-state index >= 15 is 0 Å². The van der Waals surface area contributed by atoms with Gasteiger partial charge in [-0.05, 0) is 90.7 Å². The molecule has 6 rings (SSSR count). The van der Waals surface area contributed by atoms with Crippen LogP contribution in [0.3, 0.4) is 0 Å². The molecule has 0 saturated carbocycles. The predicted octanol–water partition coefficient (Wildman–Crippen LogP) is 6.42. The van der Waals surface area contributed by atoms with Crippen LogP contribution in [-0.4, -0.2) is 42.7 Å². The lowest BCUT2D eigenvalue weighted by atomic mass is 9.75. The summed E-state index contributed by atoms with van der Waals surface area (Å²) in [7, 11) is 0. The molecule has 1 N–H and O–H groups in total. The molecule has 1 saturated heterocycles. The molecule has 0 aliphatic carbocycles. The van der Waals surface area contributed by atoms with Crippen LogP contribution in [0.4, 0.5) is 0 Å². The van der Waals surface area contributed by atoms with E-state index in [1.807, 2.05) is 6.92 Å². The van der Waals surface area contributed by atoms with Gasteiger partial charge in [-0.1, -0.05) is 61.5 Å². The highest BCUT2D eigenvalue weighted by molar-refractivity contribution is 5.80. The molecule has 1 fully saturated rings. The topological polar surface area (TPSA) is 54.6 Å². The van der Waals surface area contributed by atoms with E-state index in [1.165, 1.54) is 16.7 Å². The van der Waals surface area contributed by atoms with Gasteiger partial charge in [0.2, 0.25) is 0 Å². The van der Waals surface area contributed by atoms with Crippen LogP contribution < -0.4 is 15.0 Å². The van der Waals surface area contributed by atoms with Gasteiger partial charge in [-0.2, -0.15) is 0 Å². The number of nitrogens with one attached hydrogen (secondary N) is 1. The molecule has 1 aromatic heterocycles. The van der Waals surface area contributed by atoms with Gasteiger partial charge in [0.25, 0.3) is 5.56 Å². The van der Waals surface area contributed by atoms with Crippen molar-refractivity contribution in [3.63, 3.8) is 0 Å². The Labute approximate surface area is 230 Å². The number of fused-ring (bicyclic) bond motifs is 2. The molecular formula is C34H36N2O3. The smallest absolute Gasteiger partial charge is 0.251 e. The molecule has 39 heavy (non-hydrogen) atoms. The van der Waals surface area contributed by atoms with Crippen LogP contribution in [0.1, 0.15) is 47.9 Å². The minimum Gasteiger partial charge on any atom is -0.486 e. The molecule has 3 heterocycles. The first-order valence-electron chi connectivity index (χ1n) is 14.2. The van der Waals surface area contributed by atoms with Crippen molar-refractivity contribution in [2.45, 2.75) is 32.1 Å². The number of rotatable bonds is 7. The van der Waals surface area contributed by atoms with Gasteiger partial charge in [-0.25, -0.2) is 0 Å². The molecule has 0 radical (unpaired) electrons. The Kier molecular flexibility index (Phi) is 7.51. The second-order valence-corrected chi connectivity index (χ2v) is 10.7. The molecule has 0 amide bonds. The number of hydrogen-bond donors (Lipinski definition) is 1. The highest BCUT2D eigenvalue weighted by Gasteiger charge is 2.30. The quantitative estimate of drug-likeness (QED) is 0.306. The van der Waals surface area contributed by atoms with E-state index in [2.05, 4.69) is 94.8 Å². The maximum Gasteiger partial charge on any atom is 0.251 e. The largest absolute Gasteiger partial charge is 0.486 e. The van der Waals surface area contributed by atoms with Crippen LogP contribution in [0.25, 0.3) is 17.0 Å². The number of aryl methyl sites for hydroxylation is 1. The van der Waals surface area contributed by atoms with E-state index in [0.717, 1.165) is 66.9 Å². The molecule has 2 aliphatic heterocycles. The van der Waals surface area contributed by atoms with Crippen LogP contribution in [0.5, 0.6) is 11.5 Å². The normalized spacial score (nSPS) is 17.1. The Morgan fingerprint density at radius 1 is 0.923 bits per heavy atom. The van der Waals surface area contributed by atoms with Crippen LogP contribution in [0.2, 0.25) is 0 Å². The van der Waals surface area contributed by atoms with Gasteiger partial charge < -0.3 is 14.5 Å². The van der Waals surface area contributed by atoms with Crippen LogP contribution in [-0.2, 0) is 6.42 Å². The number of H-pyrrole nitrogens is 1. The molecule has 5 nitrogen and oxygen atoms in total. The highest BCUT2D eigenvalue weighted by Crippen LogP contribution is 2.42. The second-order valence-electron chi connectivity index (χ2n) is 10.7. The molecule has 5 heteroatoms. The van der Waals surface area contributed by atoms with E-state index in [9.17, 15) is 4.79 Å². The standard InChI is InChI=1S/C34H36N2O3/c1-2-25-21-29-22-27(10-12-30(29)35-34(25)37)33(28-11-13-31-32(23-28)39-20-19-38-31)26-14-17-36(18-15-26)16-6-9-24-7-4-3-5-8-24/h3-13,21-23,26,33H,2,14-20H2,1H3,(H,35,37)/b9-6+. The van der Waals surface area contributed by atoms with Gasteiger partial charge in [0.1, 0.15) is 13.2 Å². The SMILES string of the molecule is CCc1cc2cc(C(c3ccc4c(c3)OCCO4)C3CCN(C/C=C/c4ccccc4)CC3)ccc2[nH]c1=O. The first kappa shape index (κ1) is 25.4. The lowest BCUT2D eigenvalue weighted by Gasteiger charge is -2.36. The Bertz CT molecular complexity index is 1520. The van der Waals surface area contributed by atoms with Gasteiger partial charge in [0, 0.05) is 23.5 Å². The summed E-state index contributed by atoms with van der Waals surface area (Å²) in [6.45, 7) is 6.33. The maximum atomic E-state index is 12.4. The van der Waals surface area contributed by atoms with Gasteiger partial charge in [-0.15, -0.1) is 0 Å². The molecule has 200 valence electrons. The predicted molar refractivity (Wildman–Crippen MR) is 158 cm³/mol. The number of benzene rings is 3.